The summed E-state index contributed by atoms with van der Waals surface area (Å²) >= 11 is 11.9. The molecule has 1 aromatic carbocycles. The number of primary amides is 1. The van der Waals surface area contributed by atoms with E-state index in [1.54, 1.807) is 18.2 Å². The fraction of sp³-hybridized carbons (Fsp3) is 0.364. The smallest absolute Gasteiger partial charge is 0.239 e. The van der Waals surface area contributed by atoms with Crippen LogP contribution in [0.15, 0.2) is 18.2 Å². The predicted molar refractivity (Wildman–Crippen MR) is 66.7 cm³/mol. The first kappa shape index (κ1) is 13.3. The highest BCUT2D eigenvalue weighted by Gasteiger charge is 2.19. The van der Waals surface area contributed by atoms with Crippen LogP contribution in [-0.2, 0) is 4.79 Å². The van der Waals surface area contributed by atoms with Gasteiger partial charge >= 0.3 is 0 Å². The van der Waals surface area contributed by atoms with Crippen molar-refractivity contribution in [1.82, 2.24) is 5.32 Å². The predicted octanol–water partition coefficient (Wildman–Crippen LogP) is 2.52. The lowest BCUT2D eigenvalue weighted by Crippen LogP contribution is -2.34. The number of rotatable bonds is 5. The van der Waals surface area contributed by atoms with Gasteiger partial charge in [0.1, 0.15) is 6.04 Å². The van der Waals surface area contributed by atoms with Crippen LogP contribution in [0.2, 0.25) is 10.0 Å². The zero-order valence-corrected chi connectivity index (χ0v) is 10.5. The Bertz CT molecular complexity index is 382. The minimum Gasteiger partial charge on any atom is -0.368 e. The number of carbonyl (C=O) groups is 1. The number of nitrogens with one attached hydrogen (secondary N) is 1. The van der Waals surface area contributed by atoms with Crippen LogP contribution < -0.4 is 11.1 Å². The van der Waals surface area contributed by atoms with E-state index in [-0.39, 0.29) is 0 Å². The largest absolute Gasteiger partial charge is 0.368 e. The molecule has 1 rings (SSSR count). The van der Waals surface area contributed by atoms with E-state index in [2.05, 4.69) is 5.32 Å². The molecule has 0 fully saturated rings. The molecular weight excluding hydrogens is 247 g/mol. The molecule has 5 heteroatoms. The lowest BCUT2D eigenvalue weighted by atomic mass is 10.1. The Morgan fingerprint density at radius 1 is 1.50 bits per heavy atom. The molecule has 1 aromatic rings. The highest BCUT2D eigenvalue weighted by molar-refractivity contribution is 6.33. The van der Waals surface area contributed by atoms with E-state index in [0.717, 1.165) is 6.42 Å². The number of nitrogens with two attached hydrogens (primary N) is 1. The van der Waals surface area contributed by atoms with Crippen molar-refractivity contribution in [3.05, 3.63) is 33.8 Å². The van der Waals surface area contributed by atoms with E-state index in [1.165, 1.54) is 0 Å². The van der Waals surface area contributed by atoms with Crippen molar-refractivity contribution in [3.8, 4) is 0 Å². The van der Waals surface area contributed by atoms with Gasteiger partial charge in [-0.1, -0.05) is 30.1 Å². The van der Waals surface area contributed by atoms with E-state index in [0.29, 0.717) is 22.2 Å². The molecule has 1 atom stereocenters. The van der Waals surface area contributed by atoms with E-state index in [4.69, 9.17) is 28.9 Å². The Kier molecular flexibility index (Phi) is 5.06. The molecule has 0 bridgehead atoms. The molecule has 0 aliphatic carbocycles. The maximum Gasteiger partial charge on any atom is 0.239 e. The van der Waals surface area contributed by atoms with Crippen LogP contribution in [0.1, 0.15) is 24.9 Å². The molecule has 0 aromatic heterocycles. The van der Waals surface area contributed by atoms with Gasteiger partial charge in [0.2, 0.25) is 5.91 Å². The third kappa shape index (κ3) is 3.37. The number of hydrogen-bond acceptors (Lipinski definition) is 2. The number of amides is 1. The summed E-state index contributed by atoms with van der Waals surface area (Å²) in [5.41, 5.74) is 5.95. The molecule has 88 valence electrons. The fourth-order valence-corrected chi connectivity index (χ4v) is 1.80. The molecule has 1 unspecified atom stereocenters. The van der Waals surface area contributed by atoms with Crippen LogP contribution in [0.4, 0.5) is 0 Å². The summed E-state index contributed by atoms with van der Waals surface area (Å²) in [6.45, 7) is 2.70. The van der Waals surface area contributed by atoms with Gasteiger partial charge in [-0.15, -0.1) is 0 Å². The van der Waals surface area contributed by atoms with Gasteiger partial charge in [0.25, 0.3) is 0 Å². The maximum atomic E-state index is 11.3. The van der Waals surface area contributed by atoms with Crippen molar-refractivity contribution in [2.45, 2.75) is 19.4 Å². The summed E-state index contributed by atoms with van der Waals surface area (Å²) < 4.78 is 0. The Labute approximate surface area is 105 Å². The van der Waals surface area contributed by atoms with Gasteiger partial charge in [-0.2, -0.15) is 0 Å². The summed E-state index contributed by atoms with van der Waals surface area (Å²) in [6.07, 6.45) is 0.905. The van der Waals surface area contributed by atoms with E-state index < -0.39 is 11.9 Å². The van der Waals surface area contributed by atoms with E-state index in [1.807, 2.05) is 6.92 Å². The summed E-state index contributed by atoms with van der Waals surface area (Å²) in [5.74, 6) is -0.461. The Morgan fingerprint density at radius 3 is 2.75 bits per heavy atom. The highest BCUT2D eigenvalue weighted by Crippen LogP contribution is 2.26. The first-order chi connectivity index (χ1) is 7.56. The average Bonchev–Trinajstić information content (AvgIpc) is 2.23. The number of halogens is 2. The molecule has 1 amide bonds. The van der Waals surface area contributed by atoms with E-state index >= 15 is 0 Å². The Hall–Kier alpha value is -0.770. The normalized spacial score (nSPS) is 12.4. The monoisotopic (exact) mass is 260 g/mol. The maximum absolute atomic E-state index is 11.3. The zero-order valence-electron chi connectivity index (χ0n) is 8.97. The van der Waals surface area contributed by atoms with Crippen molar-refractivity contribution in [2.75, 3.05) is 6.54 Å². The molecular formula is C11H14Cl2N2O. The van der Waals surface area contributed by atoms with Crippen molar-refractivity contribution in [1.29, 1.82) is 0 Å². The van der Waals surface area contributed by atoms with Crippen LogP contribution in [0.5, 0.6) is 0 Å². The summed E-state index contributed by atoms with van der Waals surface area (Å²) in [6, 6.07) is 4.39. The molecule has 3 N–H and O–H groups in total. The topological polar surface area (TPSA) is 55.1 Å². The first-order valence-corrected chi connectivity index (χ1v) is 5.79. The van der Waals surface area contributed by atoms with Crippen molar-refractivity contribution in [2.24, 2.45) is 5.73 Å². The SMILES string of the molecule is CCCNC(C(N)=O)c1cc(Cl)ccc1Cl. The highest BCUT2D eigenvalue weighted by atomic mass is 35.5. The molecule has 0 aliphatic rings. The number of hydrogen-bond donors (Lipinski definition) is 2. The van der Waals surface area contributed by atoms with Gasteiger partial charge in [0.15, 0.2) is 0 Å². The van der Waals surface area contributed by atoms with E-state index in [9.17, 15) is 4.79 Å². The third-order valence-corrected chi connectivity index (χ3v) is 2.73. The Balaban J connectivity index is 3.00. The second kappa shape index (κ2) is 6.09. The van der Waals surface area contributed by atoms with Gasteiger partial charge in [-0.05, 0) is 36.7 Å². The van der Waals surface area contributed by atoms with Crippen LogP contribution in [0.25, 0.3) is 0 Å². The number of carbonyl (C=O) groups excluding carboxylic acids is 1. The average molecular weight is 261 g/mol. The minimum absolute atomic E-state index is 0.461. The summed E-state index contributed by atoms with van der Waals surface area (Å²) in [7, 11) is 0. The molecule has 0 heterocycles. The van der Waals surface area contributed by atoms with Gasteiger partial charge in [-0.3, -0.25) is 4.79 Å². The molecule has 3 nitrogen and oxygen atoms in total. The molecule has 0 radical (unpaired) electrons. The lowest BCUT2D eigenvalue weighted by Gasteiger charge is -2.16. The van der Waals surface area contributed by atoms with Crippen molar-refractivity contribution >= 4 is 29.1 Å². The van der Waals surface area contributed by atoms with Gasteiger partial charge < -0.3 is 11.1 Å². The number of benzene rings is 1. The molecule has 0 spiro atoms. The third-order valence-electron chi connectivity index (χ3n) is 2.15. The Morgan fingerprint density at radius 2 is 2.19 bits per heavy atom. The van der Waals surface area contributed by atoms with Crippen LogP contribution in [0, 0.1) is 0 Å². The standard InChI is InChI=1S/C11H14Cl2N2O/c1-2-5-15-10(11(14)16)8-6-7(12)3-4-9(8)13/h3-4,6,10,15H,2,5H2,1H3,(H2,14,16). The fourth-order valence-electron chi connectivity index (χ4n) is 1.39. The van der Waals surface area contributed by atoms with Crippen LogP contribution in [0.3, 0.4) is 0 Å². The van der Waals surface area contributed by atoms with Crippen molar-refractivity contribution < 1.29 is 4.79 Å². The molecule has 16 heavy (non-hydrogen) atoms. The van der Waals surface area contributed by atoms with Gasteiger partial charge in [0, 0.05) is 10.0 Å². The molecule has 0 saturated heterocycles. The van der Waals surface area contributed by atoms with Crippen molar-refractivity contribution in [3.63, 3.8) is 0 Å². The summed E-state index contributed by atoms with van der Waals surface area (Å²) in [5, 5.41) is 4.05. The second-order valence-corrected chi connectivity index (χ2v) is 4.30. The minimum atomic E-state index is -0.592. The van der Waals surface area contributed by atoms with Crippen LogP contribution >= 0.6 is 23.2 Å². The van der Waals surface area contributed by atoms with Crippen LogP contribution in [-0.4, -0.2) is 12.5 Å². The molecule has 0 saturated carbocycles. The lowest BCUT2D eigenvalue weighted by molar-refractivity contribution is -0.120. The second-order valence-electron chi connectivity index (χ2n) is 3.46. The zero-order chi connectivity index (χ0) is 12.1. The molecule has 0 aliphatic heterocycles. The quantitative estimate of drug-likeness (QED) is 0.855. The first-order valence-electron chi connectivity index (χ1n) is 5.04. The summed E-state index contributed by atoms with van der Waals surface area (Å²) in [4.78, 5) is 11.3. The van der Waals surface area contributed by atoms with Gasteiger partial charge in [0.05, 0.1) is 0 Å². The van der Waals surface area contributed by atoms with Gasteiger partial charge in [-0.25, -0.2) is 0 Å².